The smallest absolute Gasteiger partial charge is 0.331 e. The largest absolute Gasteiger partial charge is 0.480 e. The molecule has 1 aromatic heterocycles. The molecule has 0 saturated heterocycles. The molecule has 0 aliphatic carbocycles. The Labute approximate surface area is 121 Å². The number of hydrogen-bond donors (Lipinski definition) is 2. The van der Waals surface area contributed by atoms with Crippen molar-refractivity contribution in [1.82, 2.24) is 14.5 Å². The predicted octanol–water partition coefficient (Wildman–Crippen LogP) is -0.837. The molecular formula is C13H19N3O5. The number of nitrogens with one attached hydrogen (secondary N) is 1. The highest BCUT2D eigenvalue weighted by Gasteiger charge is 2.21. The number of nitrogens with zero attached hydrogens (tertiary/aromatic N) is 2. The normalized spacial score (nSPS) is 12.2. The lowest BCUT2D eigenvalue weighted by Crippen LogP contribution is -2.45. The van der Waals surface area contributed by atoms with Gasteiger partial charge in [0.1, 0.15) is 12.6 Å². The summed E-state index contributed by atoms with van der Waals surface area (Å²) in [6.45, 7) is 3.36. The minimum absolute atomic E-state index is 0.103. The first-order valence-electron chi connectivity index (χ1n) is 6.51. The van der Waals surface area contributed by atoms with Gasteiger partial charge in [0.05, 0.1) is 0 Å². The highest BCUT2D eigenvalue weighted by atomic mass is 16.4. The number of rotatable bonds is 6. The molecule has 0 spiro atoms. The lowest BCUT2D eigenvalue weighted by molar-refractivity contribution is -0.142. The number of carboxylic acid groups (broad SMARTS) is 1. The molecule has 1 heterocycles. The Hall–Kier alpha value is -2.38. The second kappa shape index (κ2) is 6.87. The van der Waals surface area contributed by atoms with Crippen LogP contribution in [0.25, 0.3) is 0 Å². The topological polar surface area (TPSA) is 110 Å². The van der Waals surface area contributed by atoms with Crippen molar-refractivity contribution in [3.63, 3.8) is 0 Å². The van der Waals surface area contributed by atoms with Crippen molar-refractivity contribution in [1.29, 1.82) is 0 Å². The Balaban J connectivity index is 2.82. The average molecular weight is 297 g/mol. The summed E-state index contributed by atoms with van der Waals surface area (Å²) in [5.41, 5.74) is -1.10. The highest BCUT2D eigenvalue weighted by molar-refractivity contribution is 5.83. The number of hydrogen-bond acceptors (Lipinski definition) is 4. The molecule has 1 rings (SSSR count). The van der Waals surface area contributed by atoms with Crippen LogP contribution >= 0.6 is 0 Å². The molecule has 0 aliphatic rings. The van der Waals surface area contributed by atoms with Gasteiger partial charge in [-0.2, -0.15) is 0 Å². The molecule has 8 heteroatoms. The fourth-order valence-corrected chi connectivity index (χ4v) is 1.82. The predicted molar refractivity (Wildman–Crippen MR) is 75.0 cm³/mol. The van der Waals surface area contributed by atoms with Crippen LogP contribution in [0.5, 0.6) is 0 Å². The van der Waals surface area contributed by atoms with E-state index in [4.69, 9.17) is 5.11 Å². The molecule has 0 unspecified atom stereocenters. The molecule has 0 aliphatic heterocycles. The van der Waals surface area contributed by atoms with Crippen LogP contribution in [0.2, 0.25) is 0 Å². The first-order chi connectivity index (χ1) is 9.72. The Morgan fingerprint density at radius 1 is 1.33 bits per heavy atom. The van der Waals surface area contributed by atoms with Crippen molar-refractivity contribution >= 4 is 11.9 Å². The average Bonchev–Trinajstić information content (AvgIpc) is 2.38. The van der Waals surface area contributed by atoms with E-state index in [0.29, 0.717) is 6.42 Å². The summed E-state index contributed by atoms with van der Waals surface area (Å²) in [5.74, 6) is -1.61. The lowest BCUT2D eigenvalue weighted by atomic mass is 10.0. The van der Waals surface area contributed by atoms with Gasteiger partial charge in [0, 0.05) is 19.3 Å². The van der Waals surface area contributed by atoms with Crippen molar-refractivity contribution in [2.24, 2.45) is 13.0 Å². The van der Waals surface area contributed by atoms with Gasteiger partial charge in [0.2, 0.25) is 5.91 Å². The number of amides is 1. The summed E-state index contributed by atoms with van der Waals surface area (Å²) in [5, 5.41) is 11.4. The monoisotopic (exact) mass is 297 g/mol. The van der Waals surface area contributed by atoms with Crippen LogP contribution in [0.3, 0.4) is 0 Å². The van der Waals surface area contributed by atoms with Gasteiger partial charge in [0.15, 0.2) is 0 Å². The lowest BCUT2D eigenvalue weighted by Gasteiger charge is -2.16. The quantitative estimate of drug-likeness (QED) is 0.711. The Bertz CT molecular complexity index is 644. The van der Waals surface area contributed by atoms with E-state index in [-0.39, 0.29) is 12.5 Å². The standard InChI is InChI=1S/C13H19N3O5/c1-8(2)6-9(12(19)20)14-10(17)7-16-5-4-11(18)15(3)13(16)21/h4-5,8-9H,6-7H2,1-3H3,(H,14,17)(H,19,20)/t9-/m1/s1. The number of aromatic nitrogens is 2. The zero-order chi connectivity index (χ0) is 16.2. The van der Waals surface area contributed by atoms with Crippen LogP contribution in [-0.4, -0.2) is 32.2 Å². The van der Waals surface area contributed by atoms with Gasteiger partial charge >= 0.3 is 11.7 Å². The summed E-state index contributed by atoms with van der Waals surface area (Å²) in [6.07, 6.45) is 1.51. The molecule has 1 aromatic rings. The van der Waals surface area contributed by atoms with Gasteiger partial charge in [-0.3, -0.25) is 18.7 Å². The molecule has 0 bridgehead atoms. The van der Waals surface area contributed by atoms with Gasteiger partial charge in [-0.15, -0.1) is 0 Å². The first-order valence-corrected chi connectivity index (χ1v) is 6.51. The van der Waals surface area contributed by atoms with Gasteiger partial charge < -0.3 is 10.4 Å². The van der Waals surface area contributed by atoms with Gasteiger partial charge in [-0.25, -0.2) is 9.59 Å². The fraction of sp³-hybridized carbons (Fsp3) is 0.538. The number of carboxylic acids is 1. The summed E-state index contributed by atoms with van der Waals surface area (Å²) in [7, 11) is 1.30. The maximum atomic E-state index is 11.8. The van der Waals surface area contributed by atoms with E-state index in [9.17, 15) is 19.2 Å². The Morgan fingerprint density at radius 3 is 2.48 bits per heavy atom. The maximum Gasteiger partial charge on any atom is 0.331 e. The van der Waals surface area contributed by atoms with E-state index in [1.54, 1.807) is 0 Å². The fourth-order valence-electron chi connectivity index (χ4n) is 1.82. The summed E-state index contributed by atoms with van der Waals surface area (Å²) < 4.78 is 1.92. The molecule has 0 fully saturated rings. The molecule has 0 radical (unpaired) electrons. The molecule has 2 N–H and O–H groups in total. The van der Waals surface area contributed by atoms with Crippen molar-refractivity contribution in [2.75, 3.05) is 0 Å². The summed E-state index contributed by atoms with van der Waals surface area (Å²) in [6, 6.07) is 0.165. The molecule has 0 saturated carbocycles. The molecule has 21 heavy (non-hydrogen) atoms. The van der Waals surface area contributed by atoms with E-state index >= 15 is 0 Å². The third kappa shape index (κ3) is 4.59. The number of aliphatic carboxylic acids is 1. The Kier molecular flexibility index (Phi) is 5.45. The molecular weight excluding hydrogens is 278 g/mol. The molecule has 1 atom stereocenters. The van der Waals surface area contributed by atoms with E-state index in [0.717, 1.165) is 15.2 Å². The molecule has 8 nitrogen and oxygen atoms in total. The number of carbonyl (C=O) groups excluding carboxylic acids is 1. The van der Waals surface area contributed by atoms with Gasteiger partial charge in [-0.1, -0.05) is 13.8 Å². The zero-order valence-electron chi connectivity index (χ0n) is 12.2. The van der Waals surface area contributed by atoms with Crippen molar-refractivity contribution in [3.8, 4) is 0 Å². The van der Waals surface area contributed by atoms with E-state index in [1.807, 2.05) is 13.8 Å². The summed E-state index contributed by atoms with van der Waals surface area (Å²) in [4.78, 5) is 45.9. The van der Waals surface area contributed by atoms with Crippen molar-refractivity contribution in [2.45, 2.75) is 32.9 Å². The van der Waals surface area contributed by atoms with Crippen LogP contribution in [0.1, 0.15) is 20.3 Å². The minimum Gasteiger partial charge on any atom is -0.480 e. The third-order valence-corrected chi connectivity index (χ3v) is 2.91. The van der Waals surface area contributed by atoms with Crippen LogP contribution in [0, 0.1) is 5.92 Å². The third-order valence-electron chi connectivity index (χ3n) is 2.91. The highest BCUT2D eigenvalue weighted by Crippen LogP contribution is 2.04. The summed E-state index contributed by atoms with van der Waals surface area (Å²) >= 11 is 0. The molecule has 116 valence electrons. The van der Waals surface area contributed by atoms with Gasteiger partial charge in [-0.05, 0) is 12.3 Å². The van der Waals surface area contributed by atoms with Gasteiger partial charge in [0.25, 0.3) is 5.56 Å². The van der Waals surface area contributed by atoms with Crippen molar-refractivity contribution in [3.05, 3.63) is 33.1 Å². The second-order valence-electron chi connectivity index (χ2n) is 5.21. The second-order valence-corrected chi connectivity index (χ2v) is 5.21. The zero-order valence-corrected chi connectivity index (χ0v) is 12.2. The van der Waals surface area contributed by atoms with Crippen molar-refractivity contribution < 1.29 is 14.7 Å². The van der Waals surface area contributed by atoms with Crippen LogP contribution in [-0.2, 0) is 23.2 Å². The first kappa shape index (κ1) is 16.7. The molecule has 1 amide bonds. The van der Waals surface area contributed by atoms with E-state index < -0.39 is 29.2 Å². The maximum absolute atomic E-state index is 11.8. The van der Waals surface area contributed by atoms with Crippen LogP contribution < -0.4 is 16.6 Å². The molecule has 0 aromatic carbocycles. The minimum atomic E-state index is -1.12. The van der Waals surface area contributed by atoms with E-state index in [1.165, 1.54) is 13.2 Å². The Morgan fingerprint density at radius 2 is 1.95 bits per heavy atom. The number of carbonyl (C=O) groups is 2. The van der Waals surface area contributed by atoms with Crippen LogP contribution in [0.15, 0.2) is 21.9 Å². The van der Waals surface area contributed by atoms with Crippen LogP contribution in [0.4, 0.5) is 0 Å². The van der Waals surface area contributed by atoms with E-state index in [2.05, 4.69) is 5.32 Å². The SMILES string of the molecule is CC(C)C[C@@H](NC(=O)Cn1ccc(=O)n(C)c1=O)C(=O)O.